The van der Waals surface area contributed by atoms with Crippen LogP contribution in [0.5, 0.6) is 11.5 Å². The Balaban J connectivity index is 1.46. The van der Waals surface area contributed by atoms with E-state index < -0.39 is 0 Å². The van der Waals surface area contributed by atoms with Crippen LogP contribution < -0.4 is 15.4 Å². The molecule has 1 aliphatic heterocycles. The molecule has 0 aliphatic carbocycles. The predicted molar refractivity (Wildman–Crippen MR) is 107 cm³/mol. The molecule has 2 amide bonds. The second kappa shape index (κ2) is 7.96. The largest absolute Gasteiger partial charge is 0.457 e. The van der Waals surface area contributed by atoms with E-state index in [4.69, 9.17) is 4.74 Å². The molecule has 5 nitrogen and oxygen atoms in total. The van der Waals surface area contributed by atoms with Crippen LogP contribution in [0.3, 0.4) is 0 Å². The highest BCUT2D eigenvalue weighted by Gasteiger charge is 2.22. The van der Waals surface area contributed by atoms with Gasteiger partial charge in [0.2, 0.25) is 5.91 Å². The zero-order chi connectivity index (χ0) is 19.3. The quantitative estimate of drug-likeness (QED) is 0.683. The summed E-state index contributed by atoms with van der Waals surface area (Å²) in [6, 6.07) is 24.1. The number of anilines is 1. The van der Waals surface area contributed by atoms with Crippen molar-refractivity contribution in [3.8, 4) is 11.5 Å². The van der Waals surface area contributed by atoms with Gasteiger partial charge in [0.15, 0.2) is 0 Å². The van der Waals surface area contributed by atoms with Gasteiger partial charge in [-0.2, -0.15) is 0 Å². The van der Waals surface area contributed by atoms with E-state index in [9.17, 15) is 9.59 Å². The molecule has 0 saturated carbocycles. The summed E-state index contributed by atoms with van der Waals surface area (Å²) >= 11 is 0. The fourth-order valence-corrected chi connectivity index (χ4v) is 3.23. The van der Waals surface area contributed by atoms with Gasteiger partial charge in [-0.3, -0.25) is 9.59 Å². The van der Waals surface area contributed by atoms with Crippen LogP contribution in [0.15, 0.2) is 78.9 Å². The molecule has 0 radical (unpaired) electrons. The summed E-state index contributed by atoms with van der Waals surface area (Å²) in [5, 5.41) is 5.86. The lowest BCUT2D eigenvalue weighted by Gasteiger charge is -2.13. The lowest BCUT2D eigenvalue weighted by molar-refractivity contribution is -0.119. The minimum atomic E-state index is -0.217. The Morgan fingerprint density at radius 1 is 0.929 bits per heavy atom. The first-order chi connectivity index (χ1) is 13.7. The van der Waals surface area contributed by atoms with Gasteiger partial charge < -0.3 is 15.4 Å². The Morgan fingerprint density at radius 2 is 1.71 bits per heavy atom. The topological polar surface area (TPSA) is 67.4 Å². The van der Waals surface area contributed by atoms with Crippen LogP contribution in [0.1, 0.15) is 34.8 Å². The first kappa shape index (κ1) is 17.8. The van der Waals surface area contributed by atoms with Crippen molar-refractivity contribution in [2.24, 2.45) is 0 Å². The molecule has 3 aromatic carbocycles. The summed E-state index contributed by atoms with van der Waals surface area (Å²) in [4.78, 5) is 24.1. The third-order valence-electron chi connectivity index (χ3n) is 4.62. The first-order valence-corrected chi connectivity index (χ1v) is 9.21. The number of amides is 2. The average Bonchev–Trinajstić information content (AvgIpc) is 3.16. The Hall–Kier alpha value is -3.60. The number of rotatable bonds is 5. The zero-order valence-electron chi connectivity index (χ0n) is 15.2. The Bertz CT molecular complexity index is 1000. The van der Waals surface area contributed by atoms with Crippen LogP contribution in [0.4, 0.5) is 5.69 Å². The fraction of sp³-hybridized carbons (Fsp3) is 0.130. The number of ether oxygens (including phenoxy) is 1. The van der Waals surface area contributed by atoms with E-state index in [2.05, 4.69) is 10.6 Å². The van der Waals surface area contributed by atoms with Crippen LogP contribution in [-0.2, 0) is 4.79 Å². The molecule has 1 atom stereocenters. The monoisotopic (exact) mass is 372 g/mol. The standard InChI is InChI=1S/C23H20N2O3/c26-22-13-12-21(25-22)16-6-4-8-18(14-16)24-23(27)17-7-5-11-20(15-17)28-19-9-2-1-3-10-19/h1-11,14-15,21H,12-13H2,(H,24,27)(H,25,26). The van der Waals surface area contributed by atoms with E-state index in [1.165, 1.54) is 0 Å². The maximum atomic E-state index is 12.7. The number of carbonyl (C=O) groups excluding carboxylic acids is 2. The van der Waals surface area contributed by atoms with E-state index >= 15 is 0 Å². The summed E-state index contributed by atoms with van der Waals surface area (Å²) in [6.45, 7) is 0. The van der Waals surface area contributed by atoms with Gasteiger partial charge in [-0.1, -0.05) is 36.4 Å². The third-order valence-corrected chi connectivity index (χ3v) is 4.62. The van der Waals surface area contributed by atoms with Crippen molar-refractivity contribution >= 4 is 17.5 Å². The van der Waals surface area contributed by atoms with Crippen molar-refractivity contribution in [1.29, 1.82) is 0 Å². The molecule has 0 bridgehead atoms. The zero-order valence-corrected chi connectivity index (χ0v) is 15.2. The van der Waals surface area contributed by atoms with Crippen LogP contribution >= 0.6 is 0 Å². The van der Waals surface area contributed by atoms with Gasteiger partial charge >= 0.3 is 0 Å². The molecule has 1 aliphatic rings. The third kappa shape index (κ3) is 4.20. The maximum absolute atomic E-state index is 12.7. The van der Waals surface area contributed by atoms with Crippen LogP contribution in [0, 0.1) is 0 Å². The molecule has 4 rings (SSSR count). The molecule has 1 heterocycles. The molecule has 0 aromatic heterocycles. The SMILES string of the molecule is O=C1CCC(c2cccc(NC(=O)c3cccc(Oc4ccccc4)c3)c2)N1. The van der Waals surface area contributed by atoms with Crippen molar-refractivity contribution in [1.82, 2.24) is 5.32 Å². The number of para-hydroxylation sites is 1. The minimum absolute atomic E-state index is 0.00644. The van der Waals surface area contributed by atoms with E-state index in [1.54, 1.807) is 18.2 Å². The van der Waals surface area contributed by atoms with Gasteiger partial charge in [-0.15, -0.1) is 0 Å². The highest BCUT2D eigenvalue weighted by atomic mass is 16.5. The second-order valence-electron chi connectivity index (χ2n) is 6.68. The molecular weight excluding hydrogens is 352 g/mol. The van der Waals surface area contributed by atoms with Crippen molar-refractivity contribution in [3.05, 3.63) is 90.0 Å². The Labute approximate surface area is 163 Å². The summed E-state index contributed by atoms with van der Waals surface area (Å²) in [5.41, 5.74) is 2.19. The Morgan fingerprint density at radius 3 is 2.50 bits per heavy atom. The lowest BCUT2D eigenvalue weighted by Crippen LogP contribution is -2.18. The molecule has 0 spiro atoms. The maximum Gasteiger partial charge on any atom is 0.255 e. The van der Waals surface area contributed by atoms with Gasteiger partial charge in [0, 0.05) is 17.7 Å². The van der Waals surface area contributed by atoms with E-state index in [1.807, 2.05) is 60.7 Å². The van der Waals surface area contributed by atoms with Crippen LogP contribution in [-0.4, -0.2) is 11.8 Å². The average molecular weight is 372 g/mol. The van der Waals surface area contributed by atoms with E-state index in [-0.39, 0.29) is 17.9 Å². The fourth-order valence-electron chi connectivity index (χ4n) is 3.23. The summed E-state index contributed by atoms with van der Waals surface area (Å²) in [6.07, 6.45) is 1.31. The van der Waals surface area contributed by atoms with Gasteiger partial charge in [0.05, 0.1) is 6.04 Å². The molecule has 140 valence electrons. The normalized spacial score (nSPS) is 15.7. The first-order valence-electron chi connectivity index (χ1n) is 9.21. The van der Waals surface area contributed by atoms with Crippen molar-refractivity contribution in [2.75, 3.05) is 5.32 Å². The number of carbonyl (C=O) groups is 2. The Kier molecular flexibility index (Phi) is 5.06. The molecule has 3 aromatic rings. The smallest absolute Gasteiger partial charge is 0.255 e. The number of hydrogen-bond donors (Lipinski definition) is 2. The van der Waals surface area contributed by atoms with Gasteiger partial charge in [-0.25, -0.2) is 0 Å². The highest BCUT2D eigenvalue weighted by molar-refractivity contribution is 6.04. The highest BCUT2D eigenvalue weighted by Crippen LogP contribution is 2.26. The molecule has 1 unspecified atom stereocenters. The van der Waals surface area contributed by atoms with Crippen molar-refractivity contribution in [2.45, 2.75) is 18.9 Å². The minimum Gasteiger partial charge on any atom is -0.457 e. The second-order valence-corrected chi connectivity index (χ2v) is 6.68. The van der Waals surface area contributed by atoms with Crippen molar-refractivity contribution in [3.63, 3.8) is 0 Å². The van der Waals surface area contributed by atoms with E-state index in [0.29, 0.717) is 29.2 Å². The van der Waals surface area contributed by atoms with Crippen LogP contribution in [0.25, 0.3) is 0 Å². The van der Waals surface area contributed by atoms with Gasteiger partial charge in [0.1, 0.15) is 11.5 Å². The predicted octanol–water partition coefficient (Wildman–Crippen LogP) is 4.68. The van der Waals surface area contributed by atoms with Gasteiger partial charge in [-0.05, 0) is 54.4 Å². The molecule has 1 fully saturated rings. The molecule has 5 heteroatoms. The summed E-state index contributed by atoms with van der Waals surface area (Å²) in [5.74, 6) is 1.16. The van der Waals surface area contributed by atoms with Crippen LogP contribution in [0.2, 0.25) is 0 Å². The molecule has 1 saturated heterocycles. The number of hydrogen-bond acceptors (Lipinski definition) is 3. The lowest BCUT2D eigenvalue weighted by atomic mass is 10.0. The summed E-state index contributed by atoms with van der Waals surface area (Å²) in [7, 11) is 0. The van der Waals surface area contributed by atoms with E-state index in [0.717, 1.165) is 12.0 Å². The number of nitrogens with one attached hydrogen (secondary N) is 2. The summed E-state index contributed by atoms with van der Waals surface area (Å²) < 4.78 is 5.80. The van der Waals surface area contributed by atoms with Gasteiger partial charge in [0.25, 0.3) is 5.91 Å². The molecule has 2 N–H and O–H groups in total. The van der Waals surface area contributed by atoms with Crippen molar-refractivity contribution < 1.29 is 14.3 Å². The molecular formula is C23H20N2O3. The molecule has 28 heavy (non-hydrogen) atoms. The number of benzene rings is 3.